The molecule has 1 spiro atoms. The second-order valence-corrected chi connectivity index (χ2v) is 8.82. The van der Waals surface area contributed by atoms with E-state index in [0.29, 0.717) is 30.9 Å². The number of benzene rings is 1. The maximum Gasteiger partial charge on any atom is 0.302 e. The van der Waals surface area contributed by atoms with Crippen molar-refractivity contribution >= 4 is 5.97 Å². The first kappa shape index (κ1) is 18.9. The van der Waals surface area contributed by atoms with E-state index in [1.165, 1.54) is 18.1 Å². The van der Waals surface area contributed by atoms with Gasteiger partial charge in [0.15, 0.2) is 11.5 Å². The molecule has 0 amide bonds. The van der Waals surface area contributed by atoms with E-state index in [1.807, 2.05) is 0 Å². The molecule has 4 aliphatic rings. The Balaban J connectivity index is 1.39. The van der Waals surface area contributed by atoms with Crippen LogP contribution in [0.15, 0.2) is 24.3 Å². The molecule has 2 heterocycles. The van der Waals surface area contributed by atoms with Crippen LogP contribution in [0, 0.1) is 5.92 Å². The van der Waals surface area contributed by atoms with Crippen molar-refractivity contribution in [1.82, 2.24) is 4.90 Å². The number of aromatic hydroxyl groups is 1. The largest absolute Gasteiger partial charge is 0.504 e. The average Bonchev–Trinajstić information content (AvgIpc) is 3.05. The SMILES string of the molecule is CC(=O)OCCCCOC1C=C[C@H]2[C@H]3Cc4ccc(O)c5c4[C@@]2(CCN3C)C1O5. The quantitative estimate of drug-likeness (QED) is 0.451. The van der Waals surface area contributed by atoms with Gasteiger partial charge in [0.25, 0.3) is 0 Å². The minimum Gasteiger partial charge on any atom is -0.504 e. The van der Waals surface area contributed by atoms with Crippen molar-refractivity contribution in [2.45, 2.75) is 56.3 Å². The summed E-state index contributed by atoms with van der Waals surface area (Å²) in [5, 5.41) is 10.5. The van der Waals surface area contributed by atoms with Gasteiger partial charge in [0.05, 0.1) is 6.61 Å². The highest BCUT2D eigenvalue weighted by Gasteiger charge is 2.64. The number of esters is 1. The molecule has 5 rings (SSSR count). The molecule has 1 saturated heterocycles. The lowest BCUT2D eigenvalue weighted by Gasteiger charge is -2.56. The first-order valence-electron chi connectivity index (χ1n) is 10.7. The number of rotatable bonds is 6. The van der Waals surface area contributed by atoms with Gasteiger partial charge in [-0.3, -0.25) is 4.79 Å². The summed E-state index contributed by atoms with van der Waals surface area (Å²) in [6.07, 6.45) is 7.88. The number of carbonyl (C=O) groups excluding carboxylic acids is 1. The Morgan fingerprint density at radius 3 is 2.97 bits per heavy atom. The fourth-order valence-corrected chi connectivity index (χ4v) is 6.00. The topological polar surface area (TPSA) is 68.2 Å². The van der Waals surface area contributed by atoms with E-state index in [-0.39, 0.29) is 29.3 Å². The molecule has 29 heavy (non-hydrogen) atoms. The van der Waals surface area contributed by atoms with Crippen LogP contribution in [0.1, 0.15) is 37.3 Å². The van der Waals surface area contributed by atoms with Crippen LogP contribution in [0.2, 0.25) is 0 Å². The maximum atomic E-state index is 10.9. The number of phenolic OH excluding ortho intramolecular Hbond substituents is 1. The highest BCUT2D eigenvalue weighted by molar-refractivity contribution is 5.65. The molecule has 156 valence electrons. The summed E-state index contributed by atoms with van der Waals surface area (Å²) in [6, 6.07) is 4.31. The van der Waals surface area contributed by atoms with Gasteiger partial charge in [0.1, 0.15) is 12.2 Å². The number of likely N-dealkylation sites (N-methyl/N-ethyl adjacent to an activating group) is 1. The third-order valence-electron chi connectivity index (χ3n) is 7.28. The van der Waals surface area contributed by atoms with Crippen molar-refractivity contribution in [1.29, 1.82) is 0 Å². The van der Waals surface area contributed by atoms with E-state index in [0.717, 1.165) is 32.2 Å². The van der Waals surface area contributed by atoms with Gasteiger partial charge in [-0.15, -0.1) is 0 Å². The predicted octanol–water partition coefficient (Wildman–Crippen LogP) is 2.57. The van der Waals surface area contributed by atoms with E-state index >= 15 is 0 Å². The van der Waals surface area contributed by atoms with E-state index < -0.39 is 0 Å². The molecule has 2 aliphatic carbocycles. The number of carbonyl (C=O) groups is 1. The first-order chi connectivity index (χ1) is 14.0. The van der Waals surface area contributed by atoms with Crippen molar-refractivity contribution in [3.05, 3.63) is 35.4 Å². The van der Waals surface area contributed by atoms with E-state index in [9.17, 15) is 9.90 Å². The van der Waals surface area contributed by atoms with E-state index in [1.54, 1.807) is 6.07 Å². The Morgan fingerprint density at radius 1 is 1.31 bits per heavy atom. The molecule has 2 unspecified atom stereocenters. The van der Waals surface area contributed by atoms with Crippen molar-refractivity contribution in [2.75, 3.05) is 26.8 Å². The van der Waals surface area contributed by atoms with Gasteiger partial charge in [0.2, 0.25) is 0 Å². The van der Waals surface area contributed by atoms with E-state index in [2.05, 4.69) is 30.2 Å². The van der Waals surface area contributed by atoms with Gasteiger partial charge < -0.3 is 24.2 Å². The van der Waals surface area contributed by atoms with Gasteiger partial charge in [-0.2, -0.15) is 0 Å². The third kappa shape index (κ3) is 2.80. The molecule has 5 atom stereocenters. The standard InChI is InChI=1S/C23H29NO5/c1-14(25)27-11-3-4-12-28-19-8-6-16-17-13-15-5-7-18(26)21-20(15)23(16,22(19)29-21)9-10-24(17)2/h5-8,16-17,19,22,26H,3-4,9-13H2,1-2H3/t16-,17+,19?,22?,23-/m0/s1. The number of unbranched alkanes of at least 4 members (excludes halogenated alkanes) is 1. The average molecular weight is 399 g/mol. The molecular formula is C23H29NO5. The Labute approximate surface area is 171 Å². The van der Waals surface area contributed by atoms with Gasteiger partial charge in [-0.1, -0.05) is 18.2 Å². The highest BCUT2D eigenvalue weighted by Crippen LogP contribution is 2.62. The molecular weight excluding hydrogens is 370 g/mol. The Kier molecular flexibility index (Phi) is 4.59. The van der Waals surface area contributed by atoms with Gasteiger partial charge in [0, 0.05) is 36.5 Å². The van der Waals surface area contributed by atoms with Crippen molar-refractivity contribution < 1.29 is 24.1 Å². The molecule has 0 radical (unpaired) electrons. The molecule has 2 aliphatic heterocycles. The fourth-order valence-electron chi connectivity index (χ4n) is 6.00. The molecule has 2 bridgehead atoms. The molecule has 1 aromatic rings. The minimum absolute atomic E-state index is 0.107. The molecule has 1 N–H and O–H groups in total. The van der Waals surface area contributed by atoms with Crippen LogP contribution in [0.25, 0.3) is 0 Å². The van der Waals surface area contributed by atoms with Crippen molar-refractivity contribution in [3.8, 4) is 11.5 Å². The van der Waals surface area contributed by atoms with Crippen LogP contribution in [-0.4, -0.2) is 61.0 Å². The molecule has 1 fully saturated rings. The summed E-state index contributed by atoms with van der Waals surface area (Å²) < 4.78 is 17.7. The molecule has 0 saturated carbocycles. The van der Waals surface area contributed by atoms with Crippen LogP contribution in [0.4, 0.5) is 0 Å². The number of hydrogen-bond donors (Lipinski definition) is 1. The number of nitrogens with zero attached hydrogens (tertiary/aromatic N) is 1. The van der Waals surface area contributed by atoms with Gasteiger partial charge in [-0.25, -0.2) is 0 Å². The Hall–Kier alpha value is -2.05. The highest BCUT2D eigenvalue weighted by atomic mass is 16.6. The zero-order valence-electron chi connectivity index (χ0n) is 17.1. The molecule has 6 heteroatoms. The summed E-state index contributed by atoms with van der Waals surface area (Å²) in [7, 11) is 2.22. The summed E-state index contributed by atoms with van der Waals surface area (Å²) in [4.78, 5) is 13.3. The summed E-state index contributed by atoms with van der Waals surface area (Å²) in [5.74, 6) is 1.05. The van der Waals surface area contributed by atoms with Crippen molar-refractivity contribution in [3.63, 3.8) is 0 Å². The number of phenols is 1. The van der Waals surface area contributed by atoms with Crippen molar-refractivity contribution in [2.24, 2.45) is 5.92 Å². The number of hydrogen-bond acceptors (Lipinski definition) is 6. The predicted molar refractivity (Wildman–Crippen MR) is 107 cm³/mol. The summed E-state index contributed by atoms with van der Waals surface area (Å²) in [5.41, 5.74) is 2.42. The smallest absolute Gasteiger partial charge is 0.302 e. The first-order valence-corrected chi connectivity index (χ1v) is 10.7. The van der Waals surface area contributed by atoms with Crippen LogP contribution in [0.5, 0.6) is 11.5 Å². The molecule has 0 aromatic heterocycles. The molecule has 1 aromatic carbocycles. The molecule has 6 nitrogen and oxygen atoms in total. The minimum atomic E-state index is -0.242. The lowest BCUT2D eigenvalue weighted by atomic mass is 9.53. The lowest BCUT2D eigenvalue weighted by molar-refractivity contribution is -0.141. The number of ether oxygens (including phenoxy) is 3. The zero-order valence-corrected chi connectivity index (χ0v) is 17.1. The number of piperidine rings is 1. The van der Waals surface area contributed by atoms with Crippen LogP contribution >= 0.6 is 0 Å². The zero-order chi connectivity index (χ0) is 20.2. The second-order valence-electron chi connectivity index (χ2n) is 8.82. The summed E-state index contributed by atoms with van der Waals surface area (Å²) in [6.45, 7) is 3.48. The van der Waals surface area contributed by atoms with Crippen LogP contribution < -0.4 is 4.74 Å². The Bertz CT molecular complexity index is 852. The van der Waals surface area contributed by atoms with E-state index in [4.69, 9.17) is 14.2 Å². The normalized spacial score (nSPS) is 33.9. The van der Waals surface area contributed by atoms with Gasteiger partial charge >= 0.3 is 5.97 Å². The second kappa shape index (κ2) is 7.03. The maximum absolute atomic E-state index is 10.9. The lowest BCUT2D eigenvalue weighted by Crippen LogP contribution is -2.65. The van der Waals surface area contributed by atoms with Gasteiger partial charge in [-0.05, 0) is 50.9 Å². The number of likely N-dealkylation sites (tertiary alicyclic amines) is 1. The third-order valence-corrected chi connectivity index (χ3v) is 7.28. The monoisotopic (exact) mass is 399 g/mol. The summed E-state index contributed by atoms with van der Waals surface area (Å²) >= 11 is 0. The van der Waals surface area contributed by atoms with Crippen LogP contribution in [0.3, 0.4) is 0 Å². The fraction of sp³-hybridized carbons (Fsp3) is 0.609. The Morgan fingerprint density at radius 2 is 2.14 bits per heavy atom. The van der Waals surface area contributed by atoms with Crippen LogP contribution in [-0.2, 0) is 26.1 Å².